The summed E-state index contributed by atoms with van der Waals surface area (Å²) in [5.41, 5.74) is 1.75. The summed E-state index contributed by atoms with van der Waals surface area (Å²) in [6, 6.07) is 6.94. The molecule has 1 aromatic carbocycles. The van der Waals surface area contributed by atoms with Gasteiger partial charge in [-0.3, -0.25) is 13.9 Å². The molecule has 33 heavy (non-hydrogen) atoms. The molecule has 0 radical (unpaired) electrons. The predicted octanol–water partition coefficient (Wildman–Crippen LogP) is 3.41. The zero-order chi connectivity index (χ0) is 23.8. The van der Waals surface area contributed by atoms with Gasteiger partial charge >= 0.3 is 0 Å². The molecule has 170 valence electrons. The van der Waals surface area contributed by atoms with Gasteiger partial charge in [0, 0.05) is 41.3 Å². The predicted molar refractivity (Wildman–Crippen MR) is 118 cm³/mol. The van der Waals surface area contributed by atoms with Crippen molar-refractivity contribution < 1.29 is 21.9 Å². The number of sulfonamides is 1. The van der Waals surface area contributed by atoms with Crippen molar-refractivity contribution in [3.05, 3.63) is 82.5 Å². The second kappa shape index (κ2) is 8.58. The monoisotopic (exact) mass is 472 g/mol. The zero-order valence-electron chi connectivity index (χ0n) is 17.5. The van der Waals surface area contributed by atoms with Gasteiger partial charge in [0.05, 0.1) is 7.11 Å². The van der Waals surface area contributed by atoms with Crippen molar-refractivity contribution in [1.82, 2.24) is 14.4 Å². The van der Waals surface area contributed by atoms with E-state index in [4.69, 9.17) is 4.74 Å². The molecule has 3 aromatic heterocycles. The van der Waals surface area contributed by atoms with Crippen molar-refractivity contribution >= 4 is 21.4 Å². The third kappa shape index (κ3) is 4.27. The molecule has 0 saturated carbocycles. The Morgan fingerprint density at radius 2 is 1.85 bits per heavy atom. The van der Waals surface area contributed by atoms with E-state index >= 15 is 0 Å². The average Bonchev–Trinajstić information content (AvgIpc) is 2.78. The smallest absolute Gasteiger partial charge is 0.264 e. The molecule has 0 aliphatic heterocycles. The van der Waals surface area contributed by atoms with Crippen LogP contribution in [-0.2, 0) is 16.4 Å². The molecule has 0 fully saturated rings. The molecule has 0 atom stereocenters. The van der Waals surface area contributed by atoms with Gasteiger partial charge in [0.25, 0.3) is 15.6 Å². The first-order valence-electron chi connectivity index (χ1n) is 9.76. The fraction of sp³-hybridized carbons (Fsp3) is 0.136. The number of benzene rings is 1. The van der Waals surface area contributed by atoms with Gasteiger partial charge in [0.15, 0.2) is 0 Å². The standard InChI is InChI=1S/C22H18F2N4O4S/c1-3-13-10-25-20-7-4-14(12-28(20)22(13)29)15-8-18(21(32-2)26-11-15)27-33(30,31)19-6-5-16(23)9-17(19)24/h4-12,27H,3H2,1-2H3. The highest BCUT2D eigenvalue weighted by Gasteiger charge is 2.22. The second-order valence-corrected chi connectivity index (χ2v) is 8.70. The van der Waals surface area contributed by atoms with Crippen LogP contribution in [0, 0.1) is 11.6 Å². The van der Waals surface area contributed by atoms with Gasteiger partial charge in [-0.05, 0) is 36.8 Å². The Hall–Kier alpha value is -3.86. The van der Waals surface area contributed by atoms with E-state index in [-0.39, 0.29) is 17.1 Å². The highest BCUT2D eigenvalue weighted by atomic mass is 32.2. The molecule has 4 rings (SSSR count). The molecule has 0 bridgehead atoms. The molecule has 4 aromatic rings. The van der Waals surface area contributed by atoms with Crippen molar-refractivity contribution in [2.24, 2.45) is 0 Å². The summed E-state index contributed by atoms with van der Waals surface area (Å²) in [7, 11) is -3.12. The number of fused-ring (bicyclic) bond motifs is 1. The van der Waals surface area contributed by atoms with E-state index in [0.29, 0.717) is 34.8 Å². The van der Waals surface area contributed by atoms with Crippen molar-refractivity contribution in [3.8, 4) is 17.0 Å². The van der Waals surface area contributed by atoms with Crippen LogP contribution in [0.1, 0.15) is 12.5 Å². The number of anilines is 1. The summed E-state index contributed by atoms with van der Waals surface area (Å²) in [6.07, 6.45) is 5.08. The molecule has 1 N–H and O–H groups in total. The minimum Gasteiger partial charge on any atom is -0.480 e. The zero-order valence-corrected chi connectivity index (χ0v) is 18.4. The average molecular weight is 472 g/mol. The molecule has 0 aliphatic carbocycles. The number of aryl methyl sites for hydroxylation is 1. The van der Waals surface area contributed by atoms with E-state index in [1.165, 1.54) is 30.0 Å². The molecular formula is C22H18F2N4O4S. The number of methoxy groups -OCH3 is 1. The Morgan fingerprint density at radius 3 is 2.55 bits per heavy atom. The maximum absolute atomic E-state index is 14.1. The van der Waals surface area contributed by atoms with Crippen LogP contribution in [-0.4, -0.2) is 29.9 Å². The lowest BCUT2D eigenvalue weighted by Crippen LogP contribution is -2.18. The lowest BCUT2D eigenvalue weighted by molar-refractivity contribution is 0.400. The molecule has 11 heteroatoms. The third-order valence-corrected chi connectivity index (χ3v) is 6.36. The molecular weight excluding hydrogens is 454 g/mol. The second-order valence-electron chi connectivity index (χ2n) is 7.05. The maximum atomic E-state index is 14.1. The summed E-state index contributed by atoms with van der Waals surface area (Å²) in [6.45, 7) is 1.85. The molecule has 0 amide bonds. The number of halogens is 2. The molecule has 8 nitrogen and oxygen atoms in total. The van der Waals surface area contributed by atoms with Crippen molar-refractivity contribution in [1.29, 1.82) is 0 Å². The minimum atomic E-state index is -4.42. The van der Waals surface area contributed by atoms with Gasteiger partial charge in [-0.15, -0.1) is 0 Å². The SMILES string of the molecule is CCc1cnc2ccc(-c3cnc(OC)c(NS(=O)(=O)c4ccc(F)cc4F)c3)cn2c1=O. The fourth-order valence-corrected chi connectivity index (χ4v) is 4.38. The summed E-state index contributed by atoms with van der Waals surface area (Å²) in [5.74, 6) is -2.20. The normalized spacial score (nSPS) is 11.5. The Bertz CT molecular complexity index is 1540. The van der Waals surface area contributed by atoms with Crippen molar-refractivity contribution in [2.75, 3.05) is 11.8 Å². The molecule has 0 unspecified atom stereocenters. The quantitative estimate of drug-likeness (QED) is 0.461. The van der Waals surface area contributed by atoms with Crippen LogP contribution < -0.4 is 15.0 Å². The highest BCUT2D eigenvalue weighted by molar-refractivity contribution is 7.92. The van der Waals surface area contributed by atoms with Gasteiger partial charge in [0.1, 0.15) is 27.9 Å². The number of hydrogen-bond acceptors (Lipinski definition) is 6. The molecule has 0 aliphatic rings. The van der Waals surface area contributed by atoms with E-state index in [1.807, 2.05) is 6.92 Å². The van der Waals surface area contributed by atoms with Crippen LogP contribution in [0.25, 0.3) is 16.8 Å². The van der Waals surface area contributed by atoms with Crippen LogP contribution >= 0.6 is 0 Å². The van der Waals surface area contributed by atoms with E-state index < -0.39 is 26.6 Å². The van der Waals surface area contributed by atoms with E-state index in [2.05, 4.69) is 14.7 Å². The lowest BCUT2D eigenvalue weighted by atomic mass is 10.1. The Kier molecular flexibility index (Phi) is 5.81. The number of aromatic nitrogens is 3. The lowest BCUT2D eigenvalue weighted by Gasteiger charge is -2.13. The summed E-state index contributed by atoms with van der Waals surface area (Å²) < 4.78 is 61.5. The van der Waals surface area contributed by atoms with Crippen LogP contribution in [0.3, 0.4) is 0 Å². The number of nitrogens with one attached hydrogen (secondary N) is 1. The van der Waals surface area contributed by atoms with E-state index in [0.717, 1.165) is 12.1 Å². The van der Waals surface area contributed by atoms with Crippen LogP contribution in [0.4, 0.5) is 14.5 Å². The maximum Gasteiger partial charge on any atom is 0.264 e. The molecule has 0 saturated heterocycles. The van der Waals surface area contributed by atoms with Gasteiger partial charge < -0.3 is 4.74 Å². The first-order valence-corrected chi connectivity index (χ1v) is 11.2. The summed E-state index contributed by atoms with van der Waals surface area (Å²) in [4.78, 5) is 20.3. The fourth-order valence-electron chi connectivity index (χ4n) is 3.27. The first kappa shape index (κ1) is 22.3. The van der Waals surface area contributed by atoms with Crippen molar-refractivity contribution in [3.63, 3.8) is 0 Å². The van der Waals surface area contributed by atoms with E-state index in [1.54, 1.807) is 18.3 Å². The first-order chi connectivity index (χ1) is 15.7. The van der Waals surface area contributed by atoms with Gasteiger partial charge in [0.2, 0.25) is 5.88 Å². The third-order valence-electron chi connectivity index (χ3n) is 4.96. The number of rotatable bonds is 6. The van der Waals surface area contributed by atoms with Gasteiger partial charge in [-0.25, -0.2) is 27.2 Å². The van der Waals surface area contributed by atoms with Crippen LogP contribution in [0.2, 0.25) is 0 Å². The minimum absolute atomic E-state index is 0.0577. The number of hydrogen-bond donors (Lipinski definition) is 1. The largest absolute Gasteiger partial charge is 0.480 e. The molecule has 3 heterocycles. The van der Waals surface area contributed by atoms with Crippen LogP contribution in [0.15, 0.2) is 64.7 Å². The Morgan fingerprint density at radius 1 is 1.06 bits per heavy atom. The van der Waals surface area contributed by atoms with Crippen molar-refractivity contribution in [2.45, 2.75) is 18.2 Å². The van der Waals surface area contributed by atoms with Gasteiger partial charge in [-0.2, -0.15) is 0 Å². The number of nitrogens with zero attached hydrogens (tertiary/aromatic N) is 3. The topological polar surface area (TPSA) is 103 Å². The summed E-state index contributed by atoms with van der Waals surface area (Å²) >= 11 is 0. The van der Waals surface area contributed by atoms with E-state index in [9.17, 15) is 22.0 Å². The molecule has 0 spiro atoms. The highest BCUT2D eigenvalue weighted by Crippen LogP contribution is 2.30. The summed E-state index contributed by atoms with van der Waals surface area (Å²) in [5, 5.41) is 0. The Labute approximate surface area is 187 Å². The number of ether oxygens (including phenoxy) is 1. The van der Waals surface area contributed by atoms with Crippen LogP contribution in [0.5, 0.6) is 5.88 Å². The Balaban J connectivity index is 1.79. The number of pyridine rings is 2. The van der Waals surface area contributed by atoms with Gasteiger partial charge in [-0.1, -0.05) is 6.92 Å².